The Morgan fingerprint density at radius 3 is 2.87 bits per heavy atom. The summed E-state index contributed by atoms with van der Waals surface area (Å²) in [4.78, 5) is 14.2. The van der Waals surface area contributed by atoms with Crippen molar-refractivity contribution in [3.8, 4) is 0 Å². The van der Waals surface area contributed by atoms with E-state index in [9.17, 15) is 4.79 Å². The molecule has 0 aliphatic carbocycles. The summed E-state index contributed by atoms with van der Waals surface area (Å²) in [5.41, 5.74) is 3.35. The summed E-state index contributed by atoms with van der Waals surface area (Å²) in [5.74, 6) is 0.469. The number of aryl methyl sites for hydroxylation is 1. The van der Waals surface area contributed by atoms with Gasteiger partial charge in [-0.05, 0) is 49.1 Å². The highest BCUT2D eigenvalue weighted by atomic mass is 35.5. The number of aromatic amines is 1. The summed E-state index contributed by atoms with van der Waals surface area (Å²) >= 11 is 6.01. The van der Waals surface area contributed by atoms with Crippen LogP contribution in [-0.4, -0.2) is 34.2 Å². The first kappa shape index (κ1) is 15.9. The van der Waals surface area contributed by atoms with E-state index < -0.39 is 0 Å². The first-order valence-electron chi connectivity index (χ1n) is 7.90. The highest BCUT2D eigenvalue weighted by Gasteiger charge is 2.24. The topological polar surface area (TPSA) is 61.0 Å². The minimum absolute atomic E-state index is 0.00700. The number of aromatic nitrogens is 2. The van der Waals surface area contributed by atoms with Crippen LogP contribution < -0.4 is 5.32 Å². The number of H-pyrrole nitrogens is 1. The third kappa shape index (κ3) is 3.85. The van der Waals surface area contributed by atoms with Crippen LogP contribution >= 0.6 is 11.6 Å². The lowest BCUT2D eigenvalue weighted by molar-refractivity contribution is 0.180. The average Bonchev–Trinajstić information content (AvgIpc) is 3.10. The molecular formula is C17H21ClN4O. The molecule has 23 heavy (non-hydrogen) atoms. The Kier molecular flexibility index (Phi) is 4.86. The highest BCUT2D eigenvalue weighted by Crippen LogP contribution is 2.26. The molecular weight excluding hydrogens is 312 g/mol. The Bertz CT molecular complexity index is 663. The smallest absolute Gasteiger partial charge is 0.317 e. The first-order valence-corrected chi connectivity index (χ1v) is 8.28. The molecule has 1 aliphatic heterocycles. The molecule has 2 N–H and O–H groups in total. The van der Waals surface area contributed by atoms with Gasteiger partial charge in [-0.2, -0.15) is 5.10 Å². The van der Waals surface area contributed by atoms with Gasteiger partial charge in [0.1, 0.15) is 0 Å². The molecule has 0 spiro atoms. The maximum Gasteiger partial charge on any atom is 0.317 e. The highest BCUT2D eigenvalue weighted by molar-refractivity contribution is 6.30. The molecule has 1 fully saturated rings. The maximum absolute atomic E-state index is 12.3. The zero-order valence-corrected chi connectivity index (χ0v) is 13.9. The third-order valence-electron chi connectivity index (χ3n) is 4.49. The van der Waals surface area contributed by atoms with E-state index in [4.69, 9.17) is 11.6 Å². The van der Waals surface area contributed by atoms with Crippen LogP contribution in [-0.2, 0) is 6.54 Å². The fourth-order valence-corrected chi connectivity index (χ4v) is 3.20. The number of urea groups is 1. The number of rotatable bonds is 3. The number of benzene rings is 1. The van der Waals surface area contributed by atoms with Crippen molar-refractivity contribution in [1.82, 2.24) is 20.4 Å². The lowest BCUT2D eigenvalue weighted by Crippen LogP contribution is -2.43. The number of halogens is 1. The summed E-state index contributed by atoms with van der Waals surface area (Å²) in [7, 11) is 0. The summed E-state index contributed by atoms with van der Waals surface area (Å²) in [6.45, 7) is 4.06. The van der Waals surface area contributed by atoms with Gasteiger partial charge in [0.25, 0.3) is 0 Å². The van der Waals surface area contributed by atoms with Crippen molar-refractivity contribution in [2.75, 3.05) is 13.1 Å². The SMILES string of the molecule is Cc1ccc(Cl)cc1CNC(=O)N1CCC(c2ccn[nH]2)CC1. The van der Waals surface area contributed by atoms with Crippen LogP contribution in [0.25, 0.3) is 0 Å². The zero-order valence-electron chi connectivity index (χ0n) is 13.2. The molecule has 122 valence electrons. The van der Waals surface area contributed by atoms with Crippen LogP contribution in [0.1, 0.15) is 35.6 Å². The van der Waals surface area contributed by atoms with Crippen LogP contribution in [0.4, 0.5) is 4.79 Å². The van der Waals surface area contributed by atoms with Gasteiger partial charge in [0.15, 0.2) is 0 Å². The Balaban J connectivity index is 1.51. The second kappa shape index (κ2) is 7.04. The Labute approximate surface area is 141 Å². The van der Waals surface area contributed by atoms with E-state index in [0.717, 1.165) is 37.1 Å². The molecule has 2 amide bonds. The van der Waals surface area contributed by atoms with Crippen LogP contribution in [0.5, 0.6) is 0 Å². The fraction of sp³-hybridized carbons (Fsp3) is 0.412. The van der Waals surface area contributed by atoms with Crippen molar-refractivity contribution in [2.24, 2.45) is 0 Å². The summed E-state index contributed by atoms with van der Waals surface area (Å²) < 4.78 is 0. The van der Waals surface area contributed by atoms with E-state index in [1.54, 1.807) is 6.20 Å². The van der Waals surface area contributed by atoms with Gasteiger partial charge in [-0.25, -0.2) is 4.79 Å². The van der Waals surface area contributed by atoms with Crippen LogP contribution in [0.3, 0.4) is 0 Å². The van der Waals surface area contributed by atoms with Crippen molar-refractivity contribution in [3.63, 3.8) is 0 Å². The van der Waals surface area contributed by atoms with Gasteiger partial charge in [0.05, 0.1) is 0 Å². The average molecular weight is 333 g/mol. The van der Waals surface area contributed by atoms with Gasteiger partial charge in [-0.15, -0.1) is 0 Å². The van der Waals surface area contributed by atoms with E-state index in [1.165, 1.54) is 5.69 Å². The predicted octanol–water partition coefficient (Wildman–Crippen LogP) is 3.46. The molecule has 3 rings (SSSR count). The first-order chi connectivity index (χ1) is 11.1. The van der Waals surface area contributed by atoms with Crippen molar-refractivity contribution >= 4 is 17.6 Å². The molecule has 6 heteroatoms. The second-order valence-electron chi connectivity index (χ2n) is 6.00. The number of carbonyl (C=O) groups excluding carboxylic acids is 1. The third-order valence-corrected chi connectivity index (χ3v) is 4.72. The van der Waals surface area contributed by atoms with Crippen molar-refractivity contribution in [1.29, 1.82) is 0 Å². The normalized spacial score (nSPS) is 15.7. The van der Waals surface area contributed by atoms with E-state index in [0.29, 0.717) is 17.5 Å². The molecule has 1 aromatic heterocycles. The monoisotopic (exact) mass is 332 g/mol. The number of likely N-dealkylation sites (tertiary alicyclic amines) is 1. The molecule has 0 radical (unpaired) electrons. The standard InChI is InChI=1S/C17H21ClN4O/c1-12-2-3-15(18)10-14(12)11-19-17(23)22-8-5-13(6-9-22)16-4-7-20-21-16/h2-4,7,10,13H,5-6,8-9,11H2,1H3,(H,19,23)(H,20,21). The minimum atomic E-state index is -0.00700. The summed E-state index contributed by atoms with van der Waals surface area (Å²) in [6, 6.07) is 7.75. The van der Waals surface area contributed by atoms with Crippen molar-refractivity contribution in [3.05, 3.63) is 52.3 Å². The Hall–Kier alpha value is -2.01. The molecule has 1 saturated heterocycles. The maximum atomic E-state index is 12.3. The van der Waals surface area contributed by atoms with Gasteiger partial charge in [0.2, 0.25) is 0 Å². The molecule has 0 unspecified atom stereocenters. The Morgan fingerprint density at radius 2 is 2.17 bits per heavy atom. The zero-order chi connectivity index (χ0) is 16.2. The number of nitrogens with zero attached hydrogens (tertiary/aromatic N) is 2. The molecule has 2 aromatic rings. The van der Waals surface area contributed by atoms with E-state index in [-0.39, 0.29) is 6.03 Å². The predicted molar refractivity (Wildman–Crippen MR) is 90.6 cm³/mol. The fourth-order valence-electron chi connectivity index (χ4n) is 3.00. The van der Waals surface area contributed by atoms with Gasteiger partial charge >= 0.3 is 6.03 Å². The molecule has 5 nitrogen and oxygen atoms in total. The van der Waals surface area contributed by atoms with Crippen LogP contribution in [0, 0.1) is 6.92 Å². The molecule has 0 atom stereocenters. The van der Waals surface area contributed by atoms with Crippen LogP contribution in [0.15, 0.2) is 30.5 Å². The summed E-state index contributed by atoms with van der Waals surface area (Å²) in [6.07, 6.45) is 3.71. The molecule has 1 aromatic carbocycles. The van der Waals surface area contributed by atoms with Crippen molar-refractivity contribution in [2.45, 2.75) is 32.2 Å². The number of hydrogen-bond donors (Lipinski definition) is 2. The molecule has 2 heterocycles. The van der Waals surface area contributed by atoms with Gasteiger partial charge in [-0.3, -0.25) is 5.10 Å². The molecule has 0 bridgehead atoms. The lowest BCUT2D eigenvalue weighted by Gasteiger charge is -2.31. The largest absolute Gasteiger partial charge is 0.334 e. The van der Waals surface area contributed by atoms with Crippen molar-refractivity contribution < 1.29 is 4.79 Å². The van der Waals surface area contributed by atoms with E-state index in [1.807, 2.05) is 36.1 Å². The van der Waals surface area contributed by atoms with Gasteiger partial charge in [0, 0.05) is 42.5 Å². The van der Waals surface area contributed by atoms with Gasteiger partial charge < -0.3 is 10.2 Å². The quantitative estimate of drug-likeness (QED) is 0.904. The lowest BCUT2D eigenvalue weighted by atomic mass is 9.94. The number of nitrogens with one attached hydrogen (secondary N) is 2. The number of carbonyl (C=O) groups is 1. The molecule has 1 aliphatic rings. The summed E-state index contributed by atoms with van der Waals surface area (Å²) in [5, 5.41) is 10.7. The van der Waals surface area contributed by atoms with E-state index in [2.05, 4.69) is 15.5 Å². The van der Waals surface area contributed by atoms with Crippen LogP contribution in [0.2, 0.25) is 5.02 Å². The number of hydrogen-bond acceptors (Lipinski definition) is 2. The number of piperidine rings is 1. The minimum Gasteiger partial charge on any atom is -0.334 e. The van der Waals surface area contributed by atoms with E-state index >= 15 is 0 Å². The van der Waals surface area contributed by atoms with Gasteiger partial charge in [-0.1, -0.05) is 17.7 Å². The Morgan fingerprint density at radius 1 is 1.39 bits per heavy atom. The second-order valence-corrected chi connectivity index (χ2v) is 6.44. The molecule has 0 saturated carbocycles. The number of amides is 2.